The van der Waals surface area contributed by atoms with Crippen LogP contribution < -0.4 is 5.32 Å². The molecule has 0 fully saturated rings. The van der Waals surface area contributed by atoms with Gasteiger partial charge in [-0.2, -0.15) is 0 Å². The van der Waals surface area contributed by atoms with Crippen molar-refractivity contribution in [1.82, 2.24) is 4.98 Å². The van der Waals surface area contributed by atoms with Gasteiger partial charge in [-0.3, -0.25) is 14.9 Å². The smallest absolute Gasteiger partial charge is 0.316 e. The van der Waals surface area contributed by atoms with E-state index in [1.807, 2.05) is 73.0 Å². The molecule has 1 N–H and O–H groups in total. The summed E-state index contributed by atoms with van der Waals surface area (Å²) in [7, 11) is 0. The number of esters is 1. The molecule has 0 aliphatic carbocycles. The van der Waals surface area contributed by atoms with Crippen LogP contribution in [0.15, 0.2) is 75.4 Å². The molecular formula is C24H19BrN2O3S2. The molecule has 0 radical (unpaired) electrons. The minimum absolute atomic E-state index is 0.110. The van der Waals surface area contributed by atoms with E-state index in [1.54, 1.807) is 0 Å². The van der Waals surface area contributed by atoms with Crippen molar-refractivity contribution in [1.29, 1.82) is 0 Å². The summed E-state index contributed by atoms with van der Waals surface area (Å²) in [6.45, 7) is 1.68. The fourth-order valence-corrected chi connectivity index (χ4v) is 5.32. The lowest BCUT2D eigenvalue weighted by atomic mass is 10.1. The summed E-state index contributed by atoms with van der Waals surface area (Å²) in [5.74, 6) is -0.760. The molecule has 0 saturated heterocycles. The van der Waals surface area contributed by atoms with Crippen molar-refractivity contribution in [2.75, 3.05) is 17.7 Å². The summed E-state index contributed by atoms with van der Waals surface area (Å²) in [5.41, 5.74) is 2.95. The van der Waals surface area contributed by atoms with Crippen LogP contribution in [0.2, 0.25) is 0 Å². The Balaban J connectivity index is 1.26. The maximum absolute atomic E-state index is 12.1. The third-order valence-electron chi connectivity index (χ3n) is 4.64. The number of amides is 1. The number of carbonyl (C=O) groups is 2. The van der Waals surface area contributed by atoms with Gasteiger partial charge < -0.3 is 4.74 Å². The number of hydrogen-bond donors (Lipinski definition) is 1. The number of halogens is 1. The number of thiazole rings is 1. The van der Waals surface area contributed by atoms with Crippen molar-refractivity contribution < 1.29 is 14.3 Å². The fourth-order valence-electron chi connectivity index (χ4n) is 2.99. The highest BCUT2D eigenvalue weighted by atomic mass is 79.9. The second-order valence-corrected chi connectivity index (χ2v) is 9.67. The van der Waals surface area contributed by atoms with Crippen molar-refractivity contribution in [2.24, 2.45) is 0 Å². The SMILES string of the molecule is Cc1ccc(-c2csc(NC(=O)COC(=O)CSc3ccc4ccccc4c3Br)n2)cc1. The molecule has 4 rings (SSSR count). The van der Waals surface area contributed by atoms with Gasteiger partial charge in [0.25, 0.3) is 5.91 Å². The van der Waals surface area contributed by atoms with Crippen LogP contribution in [-0.4, -0.2) is 29.2 Å². The Hall–Kier alpha value is -2.68. The lowest BCUT2D eigenvalue weighted by Crippen LogP contribution is -2.21. The summed E-state index contributed by atoms with van der Waals surface area (Å²) in [6.07, 6.45) is 0. The van der Waals surface area contributed by atoms with Crippen molar-refractivity contribution in [3.8, 4) is 11.3 Å². The van der Waals surface area contributed by atoms with Gasteiger partial charge in [-0.05, 0) is 39.7 Å². The summed E-state index contributed by atoms with van der Waals surface area (Å²) in [4.78, 5) is 29.6. The molecule has 1 heterocycles. The zero-order chi connectivity index (χ0) is 22.5. The first kappa shape index (κ1) is 22.5. The molecule has 3 aromatic carbocycles. The van der Waals surface area contributed by atoms with Gasteiger partial charge in [0.05, 0.1) is 11.4 Å². The van der Waals surface area contributed by atoms with E-state index in [-0.39, 0.29) is 12.4 Å². The second kappa shape index (κ2) is 10.3. The summed E-state index contributed by atoms with van der Waals surface area (Å²) < 4.78 is 6.06. The van der Waals surface area contributed by atoms with Gasteiger partial charge in [0.1, 0.15) is 0 Å². The number of ether oxygens (including phenoxy) is 1. The van der Waals surface area contributed by atoms with Crippen LogP contribution in [0.4, 0.5) is 5.13 Å². The number of rotatable bonds is 7. The molecule has 0 aliphatic rings. The molecule has 0 aliphatic heterocycles. The van der Waals surface area contributed by atoms with Gasteiger partial charge in [-0.1, -0.05) is 60.2 Å². The Labute approximate surface area is 202 Å². The van der Waals surface area contributed by atoms with Crippen LogP contribution >= 0.6 is 39.0 Å². The fraction of sp³-hybridized carbons (Fsp3) is 0.125. The van der Waals surface area contributed by atoms with E-state index in [9.17, 15) is 9.59 Å². The largest absolute Gasteiger partial charge is 0.455 e. The number of hydrogen-bond acceptors (Lipinski definition) is 6. The Morgan fingerprint density at radius 2 is 1.88 bits per heavy atom. The maximum Gasteiger partial charge on any atom is 0.316 e. The van der Waals surface area contributed by atoms with Gasteiger partial charge in [-0.15, -0.1) is 23.1 Å². The quantitative estimate of drug-likeness (QED) is 0.225. The molecule has 1 aromatic heterocycles. The number of carbonyl (C=O) groups excluding carboxylic acids is 2. The molecule has 8 heteroatoms. The number of aryl methyl sites for hydroxylation is 1. The third-order valence-corrected chi connectivity index (χ3v) is 7.54. The normalized spacial score (nSPS) is 10.8. The van der Waals surface area contributed by atoms with Gasteiger partial charge in [-0.25, -0.2) is 4.98 Å². The Bertz CT molecular complexity index is 1270. The predicted molar refractivity (Wildman–Crippen MR) is 134 cm³/mol. The molecular weight excluding hydrogens is 508 g/mol. The minimum Gasteiger partial charge on any atom is -0.455 e. The highest BCUT2D eigenvalue weighted by Gasteiger charge is 2.13. The number of nitrogens with zero attached hydrogens (tertiary/aromatic N) is 1. The minimum atomic E-state index is -0.454. The summed E-state index contributed by atoms with van der Waals surface area (Å²) >= 11 is 6.30. The molecule has 162 valence electrons. The molecule has 0 saturated carbocycles. The monoisotopic (exact) mass is 526 g/mol. The first-order valence-corrected chi connectivity index (χ1v) is 12.4. The lowest BCUT2D eigenvalue weighted by molar-refractivity contribution is -0.144. The lowest BCUT2D eigenvalue weighted by Gasteiger charge is -2.08. The van der Waals surface area contributed by atoms with Gasteiger partial charge in [0.15, 0.2) is 11.7 Å². The second-order valence-electron chi connectivity index (χ2n) is 7.00. The molecule has 0 unspecified atom stereocenters. The number of thioether (sulfide) groups is 1. The zero-order valence-electron chi connectivity index (χ0n) is 17.1. The van der Waals surface area contributed by atoms with Gasteiger partial charge >= 0.3 is 5.97 Å². The van der Waals surface area contributed by atoms with E-state index in [4.69, 9.17) is 4.74 Å². The number of anilines is 1. The Kier molecular flexibility index (Phi) is 7.24. The highest BCUT2D eigenvalue weighted by molar-refractivity contribution is 9.10. The third kappa shape index (κ3) is 5.56. The summed E-state index contributed by atoms with van der Waals surface area (Å²) in [6, 6.07) is 20.0. The molecule has 5 nitrogen and oxygen atoms in total. The van der Waals surface area contributed by atoms with Crippen molar-refractivity contribution >= 4 is 66.8 Å². The van der Waals surface area contributed by atoms with Gasteiger partial charge in [0.2, 0.25) is 0 Å². The van der Waals surface area contributed by atoms with Crippen LogP contribution in [0.5, 0.6) is 0 Å². The van der Waals surface area contributed by atoms with E-state index in [1.165, 1.54) is 28.7 Å². The van der Waals surface area contributed by atoms with E-state index in [2.05, 4.69) is 26.2 Å². The Morgan fingerprint density at radius 3 is 2.69 bits per heavy atom. The molecule has 1 amide bonds. The number of benzene rings is 3. The zero-order valence-corrected chi connectivity index (χ0v) is 20.4. The van der Waals surface area contributed by atoms with Crippen molar-refractivity contribution in [3.05, 3.63) is 76.1 Å². The van der Waals surface area contributed by atoms with Crippen molar-refractivity contribution in [3.63, 3.8) is 0 Å². The first-order chi connectivity index (χ1) is 15.5. The van der Waals surface area contributed by atoms with Crippen LogP contribution in [0.3, 0.4) is 0 Å². The van der Waals surface area contributed by atoms with E-state index in [0.29, 0.717) is 5.13 Å². The van der Waals surface area contributed by atoms with E-state index < -0.39 is 11.9 Å². The standard InChI is InChI=1S/C24H19BrN2O3S2/c1-15-6-8-17(9-7-15)19-13-32-24(26-19)27-21(28)12-30-22(29)14-31-20-11-10-16-4-2-3-5-18(16)23(20)25/h2-11,13H,12,14H2,1H3,(H,26,27,28). The topological polar surface area (TPSA) is 68.3 Å². The first-order valence-electron chi connectivity index (χ1n) is 9.78. The number of nitrogens with one attached hydrogen (secondary N) is 1. The molecule has 0 atom stereocenters. The molecule has 0 spiro atoms. The Morgan fingerprint density at radius 1 is 1.09 bits per heavy atom. The molecule has 4 aromatic rings. The average Bonchev–Trinajstić information content (AvgIpc) is 3.26. The predicted octanol–water partition coefficient (Wildman–Crippen LogP) is 6.31. The van der Waals surface area contributed by atoms with Crippen LogP contribution in [0.25, 0.3) is 22.0 Å². The summed E-state index contributed by atoms with van der Waals surface area (Å²) in [5, 5.41) is 7.23. The molecule has 0 bridgehead atoms. The van der Waals surface area contributed by atoms with E-state index >= 15 is 0 Å². The maximum atomic E-state index is 12.1. The van der Waals surface area contributed by atoms with Crippen LogP contribution in [-0.2, 0) is 14.3 Å². The highest BCUT2D eigenvalue weighted by Crippen LogP contribution is 2.34. The number of fused-ring (bicyclic) bond motifs is 1. The number of aromatic nitrogens is 1. The van der Waals surface area contributed by atoms with Crippen LogP contribution in [0.1, 0.15) is 5.56 Å². The van der Waals surface area contributed by atoms with Gasteiger partial charge in [0, 0.05) is 20.3 Å². The molecule has 32 heavy (non-hydrogen) atoms. The van der Waals surface area contributed by atoms with Crippen molar-refractivity contribution in [2.45, 2.75) is 11.8 Å². The van der Waals surface area contributed by atoms with Crippen LogP contribution in [0, 0.1) is 6.92 Å². The average molecular weight is 527 g/mol. The van der Waals surface area contributed by atoms with E-state index in [0.717, 1.165) is 31.4 Å².